The Labute approximate surface area is 229 Å². The SMILES string of the molecule is COc1ccc(F)c(-c2cc(F)c(COc3cccc(C(CC(=O)O)C4CC4)c3)cc2[C@@H]2CCCC2(C)C)c1. The standard InChI is InChI=1S/C33H36F2O4/c1-33(2)13-5-8-29(33)27-15-22(31(35)17-26(27)28-16-23(38-3)11-12-30(28)34)19-39-24-7-4-6-21(14-24)25(18-32(36)37)20-9-10-20/h4,6-7,11-12,14-17,20,25,29H,5,8-10,13,18-19H2,1-3H3,(H,36,37)/t25?,29-/m0/s1. The zero-order chi connectivity index (χ0) is 27.7. The third-order valence-electron chi connectivity index (χ3n) is 8.58. The van der Waals surface area contributed by atoms with Gasteiger partial charge in [-0.25, -0.2) is 8.78 Å². The molecule has 2 aliphatic carbocycles. The second-order valence-corrected chi connectivity index (χ2v) is 11.7. The highest BCUT2D eigenvalue weighted by molar-refractivity contribution is 5.71. The van der Waals surface area contributed by atoms with E-state index >= 15 is 8.78 Å². The van der Waals surface area contributed by atoms with Gasteiger partial charge in [0.25, 0.3) is 0 Å². The minimum absolute atomic E-state index is 0.00363. The number of carboxylic acids is 1. The molecule has 0 radical (unpaired) electrons. The molecule has 3 aromatic rings. The zero-order valence-corrected chi connectivity index (χ0v) is 22.8. The van der Waals surface area contributed by atoms with Gasteiger partial charge < -0.3 is 14.6 Å². The summed E-state index contributed by atoms with van der Waals surface area (Å²) in [6, 6.07) is 15.3. The Balaban J connectivity index is 1.47. The summed E-state index contributed by atoms with van der Waals surface area (Å²) in [5.74, 6) is -0.0981. The van der Waals surface area contributed by atoms with Crippen LogP contribution in [0.3, 0.4) is 0 Å². The van der Waals surface area contributed by atoms with Gasteiger partial charge in [0.15, 0.2) is 0 Å². The Morgan fingerprint density at radius 1 is 1.00 bits per heavy atom. The second kappa shape index (κ2) is 11.0. The Bertz CT molecular complexity index is 1360. The van der Waals surface area contributed by atoms with Crippen molar-refractivity contribution in [2.24, 2.45) is 11.3 Å². The van der Waals surface area contributed by atoms with E-state index in [1.807, 2.05) is 30.3 Å². The summed E-state index contributed by atoms with van der Waals surface area (Å²) in [4.78, 5) is 11.4. The molecule has 206 valence electrons. The molecule has 0 aliphatic heterocycles. The summed E-state index contributed by atoms with van der Waals surface area (Å²) >= 11 is 0. The highest BCUT2D eigenvalue weighted by Gasteiger charge is 2.38. The lowest BCUT2D eigenvalue weighted by atomic mass is 9.75. The summed E-state index contributed by atoms with van der Waals surface area (Å²) in [5.41, 5.74) is 3.15. The lowest BCUT2D eigenvalue weighted by Crippen LogP contribution is -2.17. The lowest BCUT2D eigenvalue weighted by Gasteiger charge is -2.30. The maximum absolute atomic E-state index is 15.6. The van der Waals surface area contributed by atoms with Crippen LogP contribution < -0.4 is 9.47 Å². The average molecular weight is 535 g/mol. The van der Waals surface area contributed by atoms with Crippen LogP contribution in [0.5, 0.6) is 11.5 Å². The number of carbonyl (C=O) groups is 1. The van der Waals surface area contributed by atoms with Gasteiger partial charge in [0, 0.05) is 11.1 Å². The molecule has 0 aromatic heterocycles. The average Bonchev–Trinajstić information content (AvgIpc) is 3.69. The summed E-state index contributed by atoms with van der Waals surface area (Å²) < 4.78 is 42.0. The van der Waals surface area contributed by atoms with Crippen molar-refractivity contribution in [1.29, 1.82) is 0 Å². The molecule has 0 saturated heterocycles. The highest BCUT2D eigenvalue weighted by atomic mass is 19.1. The first-order valence-corrected chi connectivity index (χ1v) is 13.8. The van der Waals surface area contributed by atoms with Crippen molar-refractivity contribution < 1.29 is 28.2 Å². The van der Waals surface area contributed by atoms with Crippen LogP contribution >= 0.6 is 0 Å². The van der Waals surface area contributed by atoms with Crippen molar-refractivity contribution in [3.63, 3.8) is 0 Å². The van der Waals surface area contributed by atoms with Crippen LogP contribution in [0.25, 0.3) is 11.1 Å². The number of methoxy groups -OCH3 is 1. The van der Waals surface area contributed by atoms with E-state index in [9.17, 15) is 9.90 Å². The molecule has 2 aliphatic rings. The fraction of sp³-hybridized carbons (Fsp3) is 0.424. The van der Waals surface area contributed by atoms with E-state index in [2.05, 4.69) is 13.8 Å². The normalized spacial score (nSPS) is 19.1. The van der Waals surface area contributed by atoms with Gasteiger partial charge in [0.1, 0.15) is 29.7 Å². The van der Waals surface area contributed by atoms with E-state index in [1.165, 1.54) is 19.2 Å². The third kappa shape index (κ3) is 5.95. The topological polar surface area (TPSA) is 55.8 Å². The molecule has 5 rings (SSSR count). The van der Waals surface area contributed by atoms with Gasteiger partial charge in [-0.3, -0.25) is 4.79 Å². The van der Waals surface area contributed by atoms with E-state index < -0.39 is 17.6 Å². The summed E-state index contributed by atoms with van der Waals surface area (Å²) in [5, 5.41) is 9.37. The molecular formula is C33H36F2O4. The number of benzene rings is 3. The van der Waals surface area contributed by atoms with Crippen molar-refractivity contribution in [3.05, 3.63) is 82.9 Å². The van der Waals surface area contributed by atoms with E-state index in [-0.39, 0.29) is 30.3 Å². The molecule has 6 heteroatoms. The summed E-state index contributed by atoms with van der Waals surface area (Å²) in [6.07, 6.45) is 5.22. The van der Waals surface area contributed by atoms with Crippen LogP contribution in [-0.4, -0.2) is 18.2 Å². The maximum atomic E-state index is 15.6. The Kier molecular flexibility index (Phi) is 7.66. The van der Waals surface area contributed by atoms with Crippen LogP contribution in [0.2, 0.25) is 0 Å². The predicted octanol–water partition coefficient (Wildman–Crippen LogP) is 8.48. The minimum atomic E-state index is -0.810. The number of hydrogen-bond donors (Lipinski definition) is 1. The highest BCUT2D eigenvalue weighted by Crippen LogP contribution is 2.52. The number of hydrogen-bond acceptors (Lipinski definition) is 3. The Hall–Kier alpha value is -3.41. The molecule has 0 bridgehead atoms. The Morgan fingerprint density at radius 3 is 2.46 bits per heavy atom. The molecule has 4 nitrogen and oxygen atoms in total. The third-order valence-corrected chi connectivity index (χ3v) is 8.58. The minimum Gasteiger partial charge on any atom is -0.497 e. The number of halogens is 2. The van der Waals surface area contributed by atoms with Crippen molar-refractivity contribution in [2.75, 3.05) is 7.11 Å². The summed E-state index contributed by atoms with van der Waals surface area (Å²) in [6.45, 7) is 4.45. The molecular weight excluding hydrogens is 498 g/mol. The van der Waals surface area contributed by atoms with Crippen LogP contribution in [0, 0.1) is 23.0 Å². The first-order chi connectivity index (χ1) is 18.7. The maximum Gasteiger partial charge on any atom is 0.303 e. The fourth-order valence-electron chi connectivity index (χ4n) is 6.25. The lowest BCUT2D eigenvalue weighted by molar-refractivity contribution is -0.137. The first kappa shape index (κ1) is 27.2. The van der Waals surface area contributed by atoms with Gasteiger partial charge in [0.05, 0.1) is 13.5 Å². The molecule has 2 fully saturated rings. The first-order valence-electron chi connectivity index (χ1n) is 13.8. The number of ether oxygens (including phenoxy) is 2. The van der Waals surface area contributed by atoms with Gasteiger partial charge >= 0.3 is 5.97 Å². The molecule has 3 aromatic carbocycles. The molecule has 0 spiro atoms. The van der Waals surface area contributed by atoms with Gasteiger partial charge in [-0.1, -0.05) is 32.4 Å². The monoisotopic (exact) mass is 534 g/mol. The van der Waals surface area contributed by atoms with Crippen molar-refractivity contribution in [1.82, 2.24) is 0 Å². The molecule has 0 heterocycles. The molecule has 0 amide bonds. The molecule has 39 heavy (non-hydrogen) atoms. The largest absolute Gasteiger partial charge is 0.497 e. The van der Waals surface area contributed by atoms with E-state index in [1.54, 1.807) is 12.1 Å². The fourth-order valence-corrected chi connectivity index (χ4v) is 6.25. The van der Waals surface area contributed by atoms with Crippen molar-refractivity contribution >= 4 is 5.97 Å². The quantitative estimate of drug-likeness (QED) is 0.283. The van der Waals surface area contributed by atoms with Gasteiger partial charge in [0.2, 0.25) is 0 Å². The predicted molar refractivity (Wildman–Crippen MR) is 147 cm³/mol. The molecule has 2 atom stereocenters. The smallest absolute Gasteiger partial charge is 0.303 e. The van der Waals surface area contributed by atoms with Crippen molar-refractivity contribution in [3.8, 4) is 22.6 Å². The van der Waals surface area contributed by atoms with Crippen LogP contribution in [0.1, 0.15) is 80.9 Å². The molecule has 1 unspecified atom stereocenters. The Morgan fingerprint density at radius 2 is 1.79 bits per heavy atom. The number of rotatable bonds is 10. The van der Waals surface area contributed by atoms with Crippen LogP contribution in [0.15, 0.2) is 54.6 Å². The number of aliphatic carboxylic acids is 1. The summed E-state index contributed by atoms with van der Waals surface area (Å²) in [7, 11) is 1.53. The van der Waals surface area contributed by atoms with E-state index in [4.69, 9.17) is 9.47 Å². The van der Waals surface area contributed by atoms with Crippen LogP contribution in [-0.2, 0) is 11.4 Å². The number of carboxylic acid groups (broad SMARTS) is 1. The van der Waals surface area contributed by atoms with Gasteiger partial charge in [-0.05, 0) is 108 Å². The van der Waals surface area contributed by atoms with Crippen LogP contribution in [0.4, 0.5) is 8.78 Å². The zero-order valence-electron chi connectivity index (χ0n) is 22.8. The van der Waals surface area contributed by atoms with Gasteiger partial charge in [-0.2, -0.15) is 0 Å². The molecule has 2 saturated carbocycles. The molecule has 1 N–H and O–H groups in total. The second-order valence-electron chi connectivity index (χ2n) is 11.7. The van der Waals surface area contributed by atoms with Crippen molar-refractivity contribution in [2.45, 2.75) is 70.8 Å². The van der Waals surface area contributed by atoms with E-state index in [0.717, 1.165) is 43.2 Å². The van der Waals surface area contributed by atoms with E-state index in [0.29, 0.717) is 34.1 Å². The van der Waals surface area contributed by atoms with Gasteiger partial charge in [-0.15, -0.1) is 0 Å².